The molecule has 0 N–H and O–H groups in total. The van der Waals surface area contributed by atoms with Crippen molar-refractivity contribution in [1.29, 1.82) is 0 Å². The molecule has 0 amide bonds. The number of rotatable bonds is 3. The maximum absolute atomic E-state index is 12.2. The molecule has 2 nitrogen and oxygen atoms in total. The minimum Gasteiger partial charge on any atom is -0.363 e. The molecule has 0 radical (unpaired) electrons. The Morgan fingerprint density at radius 2 is 2.00 bits per heavy atom. The zero-order valence-corrected chi connectivity index (χ0v) is 11.6. The molecule has 3 rings (SSSR count). The van der Waals surface area contributed by atoms with Gasteiger partial charge in [-0.25, -0.2) is 0 Å². The topological polar surface area (TPSA) is 20.3 Å². The molecule has 2 aromatic rings. The summed E-state index contributed by atoms with van der Waals surface area (Å²) in [6.07, 6.45) is 4.29. The molecule has 1 aromatic heterocycles. The second-order valence-electron chi connectivity index (χ2n) is 4.74. The number of carbonyl (C=O) groups excluding carboxylic acids is 1. The Morgan fingerprint density at radius 1 is 1.21 bits per heavy atom. The average Bonchev–Trinajstić information content (AvgIpc) is 2.93. The molecule has 0 bridgehead atoms. The Morgan fingerprint density at radius 3 is 2.74 bits per heavy atom. The summed E-state index contributed by atoms with van der Waals surface area (Å²) in [6, 6.07) is 12.3. The molecule has 0 spiro atoms. The van der Waals surface area contributed by atoms with Gasteiger partial charge >= 0.3 is 0 Å². The van der Waals surface area contributed by atoms with Gasteiger partial charge in [-0.1, -0.05) is 36.4 Å². The van der Waals surface area contributed by atoms with Crippen molar-refractivity contribution in [2.24, 2.45) is 0 Å². The lowest BCUT2D eigenvalue weighted by molar-refractivity contribution is 0.0960. The highest BCUT2D eigenvalue weighted by atomic mass is 32.1. The Balaban J connectivity index is 1.87. The van der Waals surface area contributed by atoms with Gasteiger partial charge in [-0.3, -0.25) is 4.79 Å². The van der Waals surface area contributed by atoms with Crippen LogP contribution in [0.4, 0.5) is 0 Å². The van der Waals surface area contributed by atoms with Crippen molar-refractivity contribution in [2.45, 2.75) is 13.0 Å². The van der Waals surface area contributed by atoms with E-state index in [0.717, 1.165) is 4.88 Å². The van der Waals surface area contributed by atoms with E-state index in [-0.39, 0.29) is 11.8 Å². The quantitative estimate of drug-likeness (QED) is 0.793. The van der Waals surface area contributed by atoms with Gasteiger partial charge in [-0.05, 0) is 28.8 Å². The van der Waals surface area contributed by atoms with Crippen LogP contribution in [0.2, 0.25) is 0 Å². The van der Waals surface area contributed by atoms with E-state index in [1.807, 2.05) is 29.6 Å². The summed E-state index contributed by atoms with van der Waals surface area (Å²) in [5.41, 5.74) is 0. The van der Waals surface area contributed by atoms with Crippen LogP contribution in [0.1, 0.15) is 16.6 Å². The van der Waals surface area contributed by atoms with Crippen molar-refractivity contribution in [3.05, 3.63) is 57.1 Å². The first-order chi connectivity index (χ1) is 9.24. The molecule has 0 aliphatic carbocycles. The number of Topliss-reactive ketones (excluding diaryl/α,β-unsaturated/α-hetero) is 1. The van der Waals surface area contributed by atoms with E-state index in [9.17, 15) is 4.79 Å². The molecule has 1 aliphatic heterocycles. The zero-order chi connectivity index (χ0) is 13.2. The van der Waals surface area contributed by atoms with E-state index in [4.69, 9.17) is 0 Å². The highest BCUT2D eigenvalue weighted by Crippen LogP contribution is 2.12. The Bertz CT molecular complexity index is 703. The highest BCUT2D eigenvalue weighted by Gasteiger charge is 2.16. The molecule has 96 valence electrons. The fraction of sp³-hybridized carbons (Fsp3) is 0.188. The van der Waals surface area contributed by atoms with E-state index in [1.165, 1.54) is 21.8 Å². The number of hydrogen-bond acceptors (Lipinski definition) is 3. The highest BCUT2D eigenvalue weighted by molar-refractivity contribution is 7.12. The lowest BCUT2D eigenvalue weighted by Gasteiger charge is -2.27. The van der Waals surface area contributed by atoms with E-state index in [1.54, 1.807) is 0 Å². The zero-order valence-electron chi connectivity index (χ0n) is 10.7. The van der Waals surface area contributed by atoms with Gasteiger partial charge in [0.1, 0.15) is 0 Å². The molecule has 0 saturated heterocycles. The van der Waals surface area contributed by atoms with Gasteiger partial charge in [0, 0.05) is 12.2 Å². The van der Waals surface area contributed by atoms with Crippen LogP contribution >= 0.6 is 11.3 Å². The number of thiophene rings is 1. The standard InChI is InChI=1S/C16H15NOS/c1-12-9-13-5-2-3-6-14(13)10-17(12)11-15(18)16-7-4-8-19-16/h2-10,12H,11H2,1H3. The number of hydrogen-bond donors (Lipinski definition) is 0. The van der Waals surface area contributed by atoms with Crippen molar-refractivity contribution >= 4 is 29.4 Å². The molecule has 1 atom stereocenters. The molecule has 0 fully saturated rings. The fourth-order valence-electron chi connectivity index (χ4n) is 2.30. The summed E-state index contributed by atoms with van der Waals surface area (Å²) < 4.78 is 0. The van der Waals surface area contributed by atoms with Gasteiger partial charge in [-0.15, -0.1) is 11.3 Å². The van der Waals surface area contributed by atoms with Crippen LogP contribution in [0.3, 0.4) is 0 Å². The fourth-order valence-corrected chi connectivity index (χ4v) is 2.96. The molecule has 1 aromatic carbocycles. The van der Waals surface area contributed by atoms with Crippen molar-refractivity contribution in [3.8, 4) is 0 Å². The first-order valence-electron chi connectivity index (χ1n) is 6.35. The Labute approximate surface area is 116 Å². The number of ketones is 1. The van der Waals surface area contributed by atoms with Crippen molar-refractivity contribution in [3.63, 3.8) is 0 Å². The van der Waals surface area contributed by atoms with Crippen LogP contribution in [0, 0.1) is 0 Å². The molecule has 1 aliphatic rings. The minimum absolute atomic E-state index is 0.186. The lowest BCUT2D eigenvalue weighted by atomic mass is 10.1. The minimum atomic E-state index is 0.186. The monoisotopic (exact) mass is 269 g/mol. The lowest BCUT2D eigenvalue weighted by Crippen LogP contribution is -2.41. The van der Waals surface area contributed by atoms with Gasteiger partial charge in [0.15, 0.2) is 5.78 Å². The first kappa shape index (κ1) is 12.2. The van der Waals surface area contributed by atoms with Gasteiger partial charge in [0.2, 0.25) is 0 Å². The van der Waals surface area contributed by atoms with E-state index in [0.29, 0.717) is 6.54 Å². The van der Waals surface area contributed by atoms with Crippen LogP contribution in [0.25, 0.3) is 12.3 Å². The van der Waals surface area contributed by atoms with Crippen LogP contribution < -0.4 is 10.4 Å². The third-order valence-electron chi connectivity index (χ3n) is 3.37. The summed E-state index contributed by atoms with van der Waals surface area (Å²) >= 11 is 1.51. The molecule has 3 heteroatoms. The second kappa shape index (κ2) is 5.02. The van der Waals surface area contributed by atoms with E-state index in [2.05, 4.69) is 36.2 Å². The van der Waals surface area contributed by atoms with Gasteiger partial charge in [-0.2, -0.15) is 0 Å². The molecule has 1 unspecified atom stereocenters. The SMILES string of the molecule is CC1C=c2ccccc2=CN1CC(=O)c1cccs1. The number of nitrogens with zero attached hydrogens (tertiary/aromatic N) is 1. The summed E-state index contributed by atoms with van der Waals surface area (Å²) in [5.74, 6) is 0.186. The Kier molecular flexibility index (Phi) is 3.22. The van der Waals surface area contributed by atoms with Gasteiger partial charge < -0.3 is 4.90 Å². The van der Waals surface area contributed by atoms with Crippen molar-refractivity contribution in [2.75, 3.05) is 6.54 Å². The van der Waals surface area contributed by atoms with Crippen LogP contribution in [0.15, 0.2) is 41.8 Å². The average molecular weight is 269 g/mol. The maximum Gasteiger partial charge on any atom is 0.191 e. The molecular formula is C16H15NOS. The predicted molar refractivity (Wildman–Crippen MR) is 79.4 cm³/mol. The molecule has 19 heavy (non-hydrogen) atoms. The predicted octanol–water partition coefficient (Wildman–Crippen LogP) is 1.85. The van der Waals surface area contributed by atoms with Crippen molar-refractivity contribution in [1.82, 2.24) is 4.90 Å². The third kappa shape index (κ3) is 2.47. The summed E-state index contributed by atoms with van der Waals surface area (Å²) in [7, 11) is 0. The van der Waals surface area contributed by atoms with E-state index < -0.39 is 0 Å². The van der Waals surface area contributed by atoms with Gasteiger partial charge in [0.05, 0.1) is 11.4 Å². The first-order valence-corrected chi connectivity index (χ1v) is 7.23. The molecule has 0 saturated carbocycles. The summed E-state index contributed by atoms with van der Waals surface area (Å²) in [4.78, 5) is 15.1. The number of carbonyl (C=O) groups is 1. The molecule has 2 heterocycles. The second-order valence-corrected chi connectivity index (χ2v) is 5.69. The maximum atomic E-state index is 12.2. The van der Waals surface area contributed by atoms with Crippen LogP contribution in [0.5, 0.6) is 0 Å². The number of benzene rings is 1. The number of fused-ring (bicyclic) bond motifs is 1. The summed E-state index contributed by atoms with van der Waals surface area (Å²) in [6.45, 7) is 2.56. The molecular weight excluding hydrogens is 254 g/mol. The normalized spacial score (nSPS) is 17.3. The van der Waals surface area contributed by atoms with Crippen LogP contribution in [-0.2, 0) is 0 Å². The van der Waals surface area contributed by atoms with Crippen molar-refractivity contribution < 1.29 is 4.79 Å². The van der Waals surface area contributed by atoms with Crippen LogP contribution in [-0.4, -0.2) is 23.3 Å². The van der Waals surface area contributed by atoms with E-state index >= 15 is 0 Å². The Hall–Kier alpha value is -1.87. The summed E-state index contributed by atoms with van der Waals surface area (Å²) in [5, 5.41) is 4.37. The third-order valence-corrected chi connectivity index (χ3v) is 4.28. The smallest absolute Gasteiger partial charge is 0.191 e. The van der Waals surface area contributed by atoms with Gasteiger partial charge in [0.25, 0.3) is 0 Å². The largest absolute Gasteiger partial charge is 0.363 e.